The molecule has 1 rings (SSSR count). The zero-order valence-electron chi connectivity index (χ0n) is 9.93. The van der Waals surface area contributed by atoms with Crippen LogP contribution in [0.3, 0.4) is 0 Å². The fourth-order valence-electron chi connectivity index (χ4n) is 1.76. The molecule has 0 radical (unpaired) electrons. The van der Waals surface area contributed by atoms with E-state index in [-0.39, 0.29) is 23.5 Å². The highest BCUT2D eigenvalue weighted by Gasteiger charge is 2.38. The van der Waals surface area contributed by atoms with Gasteiger partial charge in [0.15, 0.2) is 0 Å². The van der Waals surface area contributed by atoms with Gasteiger partial charge in [-0.2, -0.15) is 0 Å². The largest absolute Gasteiger partial charge is 0.481 e. The Balaban J connectivity index is 2.48. The quantitative estimate of drug-likeness (QED) is 0.798. The summed E-state index contributed by atoms with van der Waals surface area (Å²) in [7, 11) is -3.21. The predicted molar refractivity (Wildman–Crippen MR) is 60.6 cm³/mol. The molecule has 1 aliphatic rings. The lowest BCUT2D eigenvalue weighted by Crippen LogP contribution is -2.52. The predicted octanol–water partition coefficient (Wildman–Crippen LogP) is 0.769. The second kappa shape index (κ2) is 4.33. The van der Waals surface area contributed by atoms with E-state index >= 15 is 0 Å². The highest BCUT2D eigenvalue weighted by Crippen LogP contribution is 2.26. The maximum absolute atomic E-state index is 11.8. The molecule has 1 aliphatic heterocycles. The van der Waals surface area contributed by atoms with Crippen LogP contribution in [-0.4, -0.2) is 42.6 Å². The maximum atomic E-state index is 11.8. The van der Waals surface area contributed by atoms with Crippen molar-refractivity contribution < 1.29 is 18.3 Å². The SMILES string of the molecule is CC(C)(C)CS(=O)(=O)N1CC(CC(=O)O)C1. The summed E-state index contributed by atoms with van der Waals surface area (Å²) in [5.74, 6) is -0.773. The molecule has 1 fully saturated rings. The Morgan fingerprint density at radius 2 is 1.88 bits per heavy atom. The van der Waals surface area contributed by atoms with Gasteiger partial charge < -0.3 is 5.11 Å². The summed E-state index contributed by atoms with van der Waals surface area (Å²) in [6.07, 6.45) is 0.0571. The average molecular weight is 249 g/mol. The minimum absolute atomic E-state index is 0.0211. The molecule has 1 saturated heterocycles. The fraction of sp³-hybridized carbons (Fsp3) is 0.900. The van der Waals surface area contributed by atoms with E-state index in [4.69, 9.17) is 5.11 Å². The van der Waals surface area contributed by atoms with Gasteiger partial charge in [0.1, 0.15) is 0 Å². The van der Waals surface area contributed by atoms with E-state index in [1.165, 1.54) is 4.31 Å². The molecule has 6 heteroatoms. The molecule has 0 unspecified atom stereocenters. The summed E-state index contributed by atoms with van der Waals surface area (Å²) < 4.78 is 25.1. The monoisotopic (exact) mass is 249 g/mol. The topological polar surface area (TPSA) is 74.7 Å². The standard InChI is InChI=1S/C10H19NO4S/c1-10(2,3)7-16(14,15)11-5-8(6-11)4-9(12)13/h8H,4-7H2,1-3H3,(H,12,13). The number of carboxylic acid groups (broad SMARTS) is 1. The number of sulfonamides is 1. The number of rotatable bonds is 4. The molecule has 1 N–H and O–H groups in total. The Kier molecular flexibility index (Phi) is 3.64. The van der Waals surface area contributed by atoms with E-state index in [1.54, 1.807) is 0 Å². The minimum atomic E-state index is -3.21. The summed E-state index contributed by atoms with van der Waals surface area (Å²) >= 11 is 0. The third-order valence-electron chi connectivity index (χ3n) is 2.40. The summed E-state index contributed by atoms with van der Waals surface area (Å²) in [4.78, 5) is 10.4. The molecule has 0 aliphatic carbocycles. The van der Waals surface area contributed by atoms with Crippen LogP contribution in [-0.2, 0) is 14.8 Å². The summed E-state index contributed by atoms with van der Waals surface area (Å²) in [5, 5.41) is 8.56. The summed E-state index contributed by atoms with van der Waals surface area (Å²) in [6.45, 7) is 6.33. The number of nitrogens with zero attached hydrogens (tertiary/aromatic N) is 1. The van der Waals surface area contributed by atoms with Gasteiger partial charge in [-0.3, -0.25) is 4.79 Å². The van der Waals surface area contributed by atoms with Crippen LogP contribution in [0.1, 0.15) is 27.2 Å². The number of hydrogen-bond donors (Lipinski definition) is 1. The third kappa shape index (κ3) is 3.75. The number of aliphatic carboxylic acids is 1. The summed E-state index contributed by atoms with van der Waals surface area (Å²) in [5.41, 5.74) is -0.267. The zero-order chi connectivity index (χ0) is 12.6. The average Bonchev–Trinajstić information content (AvgIpc) is 1.89. The normalized spacial score (nSPS) is 19.4. The Bertz CT molecular complexity index is 363. The van der Waals surface area contributed by atoms with Crippen LogP contribution in [0.25, 0.3) is 0 Å². The van der Waals surface area contributed by atoms with Crippen LogP contribution in [0.5, 0.6) is 0 Å². The van der Waals surface area contributed by atoms with Crippen molar-refractivity contribution in [2.75, 3.05) is 18.8 Å². The van der Waals surface area contributed by atoms with E-state index in [9.17, 15) is 13.2 Å². The van der Waals surface area contributed by atoms with Crippen LogP contribution >= 0.6 is 0 Å². The molecule has 5 nitrogen and oxygen atoms in total. The Hall–Kier alpha value is -0.620. The minimum Gasteiger partial charge on any atom is -0.481 e. The van der Waals surface area contributed by atoms with Crippen LogP contribution < -0.4 is 0 Å². The van der Waals surface area contributed by atoms with E-state index in [2.05, 4.69) is 0 Å². The van der Waals surface area contributed by atoms with Gasteiger partial charge in [0, 0.05) is 13.1 Å². The number of carboxylic acids is 1. The van der Waals surface area contributed by atoms with E-state index in [1.807, 2.05) is 20.8 Å². The first kappa shape index (κ1) is 13.4. The molecule has 0 aromatic heterocycles. The van der Waals surface area contributed by atoms with Gasteiger partial charge in [0.25, 0.3) is 0 Å². The molecule has 94 valence electrons. The molecule has 0 saturated carbocycles. The zero-order valence-corrected chi connectivity index (χ0v) is 10.7. The second-order valence-corrected chi connectivity index (χ2v) is 7.57. The smallest absolute Gasteiger partial charge is 0.303 e. The van der Waals surface area contributed by atoms with E-state index in [0.717, 1.165) is 0 Å². The van der Waals surface area contributed by atoms with Gasteiger partial charge in [-0.15, -0.1) is 0 Å². The molecule has 0 atom stereocenters. The van der Waals surface area contributed by atoms with Crippen LogP contribution in [0.2, 0.25) is 0 Å². The second-order valence-electron chi connectivity index (χ2n) is 5.60. The lowest BCUT2D eigenvalue weighted by atomic mass is 10.00. The van der Waals surface area contributed by atoms with Crippen LogP contribution in [0, 0.1) is 11.3 Å². The number of carbonyl (C=O) groups is 1. The first-order valence-electron chi connectivity index (χ1n) is 5.30. The molecule has 0 spiro atoms. The Morgan fingerprint density at radius 1 is 1.38 bits per heavy atom. The maximum Gasteiger partial charge on any atom is 0.303 e. The lowest BCUT2D eigenvalue weighted by molar-refractivity contribution is -0.139. The molecule has 0 amide bonds. The van der Waals surface area contributed by atoms with Crippen molar-refractivity contribution in [3.05, 3.63) is 0 Å². The first-order chi connectivity index (χ1) is 7.10. The van der Waals surface area contributed by atoms with Crippen LogP contribution in [0.4, 0.5) is 0 Å². The van der Waals surface area contributed by atoms with Gasteiger partial charge >= 0.3 is 5.97 Å². The van der Waals surface area contributed by atoms with Gasteiger partial charge in [-0.25, -0.2) is 12.7 Å². The third-order valence-corrected chi connectivity index (χ3v) is 4.71. The fourth-order valence-corrected chi connectivity index (χ4v) is 3.92. The summed E-state index contributed by atoms with van der Waals surface area (Å²) in [6, 6.07) is 0. The van der Waals surface area contributed by atoms with Crippen LogP contribution in [0.15, 0.2) is 0 Å². The molecule has 0 aromatic carbocycles. The van der Waals surface area contributed by atoms with E-state index in [0.29, 0.717) is 13.1 Å². The van der Waals surface area contributed by atoms with Crippen molar-refractivity contribution in [3.8, 4) is 0 Å². The molecule has 0 bridgehead atoms. The molecular formula is C10H19NO4S. The molecular weight excluding hydrogens is 230 g/mol. The van der Waals surface area contributed by atoms with Crippen molar-refractivity contribution in [1.29, 1.82) is 0 Å². The van der Waals surface area contributed by atoms with Crippen molar-refractivity contribution in [1.82, 2.24) is 4.31 Å². The first-order valence-corrected chi connectivity index (χ1v) is 6.91. The number of hydrogen-bond acceptors (Lipinski definition) is 3. The highest BCUT2D eigenvalue weighted by atomic mass is 32.2. The van der Waals surface area contributed by atoms with E-state index < -0.39 is 16.0 Å². The highest BCUT2D eigenvalue weighted by molar-refractivity contribution is 7.89. The van der Waals surface area contributed by atoms with Crippen molar-refractivity contribution >= 4 is 16.0 Å². The van der Waals surface area contributed by atoms with Crippen molar-refractivity contribution in [3.63, 3.8) is 0 Å². The molecule has 1 heterocycles. The Morgan fingerprint density at radius 3 is 2.25 bits per heavy atom. The Labute approximate surface area is 96.5 Å². The molecule has 0 aromatic rings. The van der Waals surface area contributed by atoms with Gasteiger partial charge in [-0.1, -0.05) is 20.8 Å². The van der Waals surface area contributed by atoms with Gasteiger partial charge in [0.2, 0.25) is 10.0 Å². The molecule has 16 heavy (non-hydrogen) atoms. The lowest BCUT2D eigenvalue weighted by Gasteiger charge is -2.38. The van der Waals surface area contributed by atoms with Gasteiger partial charge in [0.05, 0.1) is 12.2 Å². The van der Waals surface area contributed by atoms with Crippen molar-refractivity contribution in [2.45, 2.75) is 27.2 Å². The van der Waals surface area contributed by atoms with Crippen molar-refractivity contribution in [2.24, 2.45) is 11.3 Å². The van der Waals surface area contributed by atoms with Gasteiger partial charge in [-0.05, 0) is 11.3 Å².